The molecule has 0 aromatic heterocycles. The third-order valence-electron chi connectivity index (χ3n) is 17.9. The lowest BCUT2D eigenvalue weighted by Crippen LogP contribution is -2.30. The van der Waals surface area contributed by atoms with Crippen molar-refractivity contribution in [3.8, 4) is 0 Å². The van der Waals surface area contributed by atoms with Gasteiger partial charge in [-0.05, 0) is 31.6 Å². The van der Waals surface area contributed by atoms with Crippen LogP contribution in [0.1, 0.15) is 394 Å². The van der Waals surface area contributed by atoms with Gasteiger partial charge in [0.25, 0.3) is 0 Å². The van der Waals surface area contributed by atoms with Gasteiger partial charge in [-0.25, -0.2) is 9.13 Å². The number of ether oxygens (including phenoxy) is 4. The van der Waals surface area contributed by atoms with Crippen LogP contribution in [0.5, 0.6) is 0 Å². The van der Waals surface area contributed by atoms with Crippen LogP contribution in [0.3, 0.4) is 0 Å². The lowest BCUT2D eigenvalue weighted by molar-refractivity contribution is -0.161. The normalized spacial score (nSPS) is 14.3. The van der Waals surface area contributed by atoms with Crippen LogP contribution < -0.4 is 0 Å². The second-order valence-electron chi connectivity index (χ2n) is 27.3. The number of aliphatic hydroxyl groups excluding tert-OH is 1. The molecule has 6 atom stereocenters. The van der Waals surface area contributed by atoms with Gasteiger partial charge in [0.2, 0.25) is 0 Å². The van der Waals surface area contributed by atoms with E-state index in [0.29, 0.717) is 25.7 Å². The number of phosphoric acid groups is 2. The van der Waals surface area contributed by atoms with Crippen LogP contribution in [0.15, 0.2) is 0 Å². The van der Waals surface area contributed by atoms with E-state index < -0.39 is 97.5 Å². The van der Waals surface area contributed by atoms with Gasteiger partial charge >= 0.3 is 39.5 Å². The molecule has 0 aromatic rings. The Bertz CT molecular complexity index is 1810. The van der Waals surface area contributed by atoms with Gasteiger partial charge in [0.05, 0.1) is 26.4 Å². The molecular formula is C75H146O17P2. The Balaban J connectivity index is 5.10. The van der Waals surface area contributed by atoms with Crippen LogP contribution in [0.25, 0.3) is 0 Å². The number of hydrogen-bond donors (Lipinski definition) is 3. The highest BCUT2D eigenvalue weighted by atomic mass is 31.2. The fraction of sp³-hybridized carbons (Fsp3) is 0.947. The molecule has 0 heterocycles. The molecule has 0 radical (unpaired) electrons. The first-order valence-electron chi connectivity index (χ1n) is 39.2. The quantitative estimate of drug-likeness (QED) is 0.0222. The number of carbonyl (C=O) groups excluding carboxylic acids is 4. The topological polar surface area (TPSA) is 237 Å². The van der Waals surface area contributed by atoms with Gasteiger partial charge in [0.15, 0.2) is 12.2 Å². The van der Waals surface area contributed by atoms with Crippen molar-refractivity contribution in [1.29, 1.82) is 0 Å². The maximum atomic E-state index is 13.1. The van der Waals surface area contributed by atoms with Crippen molar-refractivity contribution < 1.29 is 80.2 Å². The number of aliphatic hydroxyl groups is 1. The molecular weight excluding hydrogens is 1230 g/mol. The highest BCUT2D eigenvalue weighted by Gasteiger charge is 2.30. The highest BCUT2D eigenvalue weighted by Crippen LogP contribution is 2.45. The molecule has 0 aromatic carbocycles. The number of phosphoric ester groups is 2. The largest absolute Gasteiger partial charge is 0.472 e. The summed E-state index contributed by atoms with van der Waals surface area (Å²) in [6.45, 7) is 7.13. The monoisotopic (exact) mass is 1380 g/mol. The average Bonchev–Trinajstić information content (AvgIpc) is 2.10. The van der Waals surface area contributed by atoms with Crippen molar-refractivity contribution >= 4 is 39.5 Å². The summed E-state index contributed by atoms with van der Waals surface area (Å²) in [4.78, 5) is 72.4. The maximum Gasteiger partial charge on any atom is 0.472 e. The number of carbonyl (C=O) groups is 4. The predicted octanol–water partition coefficient (Wildman–Crippen LogP) is 22.1. The van der Waals surface area contributed by atoms with Crippen LogP contribution in [0.2, 0.25) is 0 Å². The minimum Gasteiger partial charge on any atom is -0.462 e. The Labute approximate surface area is 575 Å². The van der Waals surface area contributed by atoms with Crippen LogP contribution in [-0.4, -0.2) is 96.7 Å². The zero-order valence-electron chi connectivity index (χ0n) is 61.1. The summed E-state index contributed by atoms with van der Waals surface area (Å²) >= 11 is 0. The molecule has 558 valence electrons. The first-order chi connectivity index (χ1) is 45.6. The van der Waals surface area contributed by atoms with E-state index in [1.54, 1.807) is 0 Å². The third-order valence-corrected chi connectivity index (χ3v) is 19.8. The fourth-order valence-electron chi connectivity index (χ4n) is 11.5. The minimum atomic E-state index is -4.95. The van der Waals surface area contributed by atoms with Gasteiger partial charge in [0.1, 0.15) is 19.3 Å². The summed E-state index contributed by atoms with van der Waals surface area (Å²) in [5.74, 6) is -1.41. The lowest BCUT2D eigenvalue weighted by atomic mass is 10.00. The van der Waals surface area contributed by atoms with Crippen LogP contribution in [0, 0.1) is 5.92 Å². The zero-order chi connectivity index (χ0) is 69.1. The third kappa shape index (κ3) is 67.3. The smallest absolute Gasteiger partial charge is 0.462 e. The van der Waals surface area contributed by atoms with E-state index >= 15 is 0 Å². The van der Waals surface area contributed by atoms with Crippen molar-refractivity contribution in [3.05, 3.63) is 0 Å². The van der Waals surface area contributed by atoms with Gasteiger partial charge in [-0.3, -0.25) is 37.3 Å². The number of hydrogen-bond acceptors (Lipinski definition) is 15. The predicted molar refractivity (Wildman–Crippen MR) is 382 cm³/mol. The molecule has 17 nitrogen and oxygen atoms in total. The first-order valence-corrected chi connectivity index (χ1v) is 42.2. The van der Waals surface area contributed by atoms with E-state index in [2.05, 4.69) is 34.6 Å². The second-order valence-corrected chi connectivity index (χ2v) is 30.2. The van der Waals surface area contributed by atoms with Gasteiger partial charge in [-0.15, -0.1) is 0 Å². The Hall–Kier alpha value is -1.94. The van der Waals surface area contributed by atoms with Crippen molar-refractivity contribution in [2.75, 3.05) is 39.6 Å². The summed E-state index contributed by atoms with van der Waals surface area (Å²) in [5, 5.41) is 10.6. The summed E-state index contributed by atoms with van der Waals surface area (Å²) in [6.07, 6.45) is 57.6. The molecule has 0 saturated heterocycles. The van der Waals surface area contributed by atoms with E-state index in [-0.39, 0.29) is 25.7 Å². The first kappa shape index (κ1) is 92.1. The molecule has 0 aliphatic rings. The van der Waals surface area contributed by atoms with E-state index in [4.69, 9.17) is 37.0 Å². The minimum absolute atomic E-state index is 0.102. The lowest BCUT2D eigenvalue weighted by Gasteiger charge is -2.21. The van der Waals surface area contributed by atoms with Crippen molar-refractivity contribution in [1.82, 2.24) is 0 Å². The van der Waals surface area contributed by atoms with Gasteiger partial charge < -0.3 is 33.8 Å². The Morgan fingerprint density at radius 3 is 0.755 bits per heavy atom. The molecule has 3 N–H and O–H groups in total. The zero-order valence-corrected chi connectivity index (χ0v) is 62.9. The van der Waals surface area contributed by atoms with Gasteiger partial charge in [-0.1, -0.05) is 343 Å². The van der Waals surface area contributed by atoms with E-state index in [9.17, 15) is 43.2 Å². The summed E-state index contributed by atoms with van der Waals surface area (Å²) < 4.78 is 68.2. The van der Waals surface area contributed by atoms with Crippen molar-refractivity contribution in [3.63, 3.8) is 0 Å². The maximum absolute atomic E-state index is 13.1. The SMILES string of the molecule is CCCCCCCCCCCCCCCCCCCCCCCCC(=O)O[C@H](COC(=O)CCCCCCCCCCCCCCCCCCC)COP(=O)(O)OC[C@@H](O)COP(=O)(O)OC[C@@H](COC(=O)CCCCCCC)OC(=O)CCCCCCCCC(C)CC. The molecule has 0 amide bonds. The number of unbranched alkanes of at least 4 members (excludes halogenated alkanes) is 46. The van der Waals surface area contributed by atoms with Crippen molar-refractivity contribution in [2.24, 2.45) is 5.92 Å². The second kappa shape index (κ2) is 68.2. The Morgan fingerprint density at radius 1 is 0.298 bits per heavy atom. The van der Waals surface area contributed by atoms with Crippen LogP contribution in [0.4, 0.5) is 0 Å². The molecule has 0 aliphatic heterocycles. The Morgan fingerprint density at radius 2 is 0.511 bits per heavy atom. The molecule has 0 rings (SSSR count). The fourth-order valence-corrected chi connectivity index (χ4v) is 13.1. The molecule has 19 heteroatoms. The van der Waals surface area contributed by atoms with Crippen LogP contribution in [-0.2, 0) is 65.4 Å². The highest BCUT2D eigenvalue weighted by molar-refractivity contribution is 7.47. The van der Waals surface area contributed by atoms with Crippen LogP contribution >= 0.6 is 15.6 Å². The Kier molecular flexibility index (Phi) is 66.8. The van der Waals surface area contributed by atoms with Gasteiger partial charge in [0, 0.05) is 25.7 Å². The van der Waals surface area contributed by atoms with E-state index in [0.717, 1.165) is 102 Å². The summed E-state index contributed by atoms with van der Waals surface area (Å²) in [7, 11) is -9.90. The number of rotatable bonds is 75. The molecule has 0 spiro atoms. The standard InChI is InChI=1S/C75H146O17P2/c1-6-10-13-16-18-20-22-24-26-28-29-30-31-32-34-36-38-40-42-44-50-55-60-74(79)91-71(65-86-73(78)59-54-49-43-41-39-37-35-33-27-25-23-21-19-17-14-11-7-2)67-90-94(83,84)88-63-69(76)62-87-93(81,82)89-66-70(64-85-72(77)58-53-47-15-12-8-3)92-75(80)61-56-51-46-45-48-52-57-68(5)9-4/h68-71,76H,6-67H2,1-5H3,(H,81,82)(H,83,84)/t68?,69-,70+,71+/m0/s1. The van der Waals surface area contributed by atoms with Crippen molar-refractivity contribution in [2.45, 2.75) is 412 Å². The molecule has 0 saturated carbocycles. The van der Waals surface area contributed by atoms with E-state index in [1.165, 1.54) is 212 Å². The average molecular weight is 1380 g/mol. The van der Waals surface area contributed by atoms with Gasteiger partial charge in [-0.2, -0.15) is 0 Å². The summed E-state index contributed by atoms with van der Waals surface area (Å²) in [6, 6.07) is 0. The van der Waals surface area contributed by atoms with E-state index in [1.807, 2.05) is 0 Å². The molecule has 0 bridgehead atoms. The summed E-state index contributed by atoms with van der Waals surface area (Å²) in [5.41, 5.74) is 0. The molecule has 94 heavy (non-hydrogen) atoms. The molecule has 0 fully saturated rings. The molecule has 3 unspecified atom stereocenters. The molecule has 0 aliphatic carbocycles. The number of esters is 4.